The average Bonchev–Trinajstić information content (AvgIpc) is 2.89. The maximum Gasteiger partial charge on any atom is 0.214 e. The summed E-state index contributed by atoms with van der Waals surface area (Å²) in [5.41, 5.74) is 0.344. The molecule has 1 aromatic heterocycles. The van der Waals surface area contributed by atoms with Crippen LogP contribution in [0.3, 0.4) is 0 Å². The second-order valence-corrected chi connectivity index (χ2v) is 4.75. The van der Waals surface area contributed by atoms with Crippen LogP contribution < -0.4 is 0 Å². The zero-order valence-electron chi connectivity index (χ0n) is 10.1. The second kappa shape index (κ2) is 5.71. The standard InChI is InChI=1S/C13H16N2O3/c16-13(12-7-3-4-8-14-12)11(9-15(17)18)10-5-1-2-6-10/h3-4,7-8,10-11H,1-2,5-6,9H2/t11-/m1/s1. The van der Waals surface area contributed by atoms with Gasteiger partial charge in [0.1, 0.15) is 5.69 Å². The molecule has 1 atom stereocenters. The van der Waals surface area contributed by atoms with E-state index in [1.165, 1.54) is 0 Å². The summed E-state index contributed by atoms with van der Waals surface area (Å²) in [5, 5.41) is 10.7. The van der Waals surface area contributed by atoms with Crippen molar-refractivity contribution >= 4 is 5.78 Å². The van der Waals surface area contributed by atoms with E-state index in [2.05, 4.69) is 4.98 Å². The van der Waals surface area contributed by atoms with E-state index in [1.807, 2.05) is 0 Å². The maximum atomic E-state index is 12.3. The highest BCUT2D eigenvalue weighted by Crippen LogP contribution is 2.33. The monoisotopic (exact) mass is 248 g/mol. The van der Waals surface area contributed by atoms with E-state index in [1.54, 1.807) is 24.4 Å². The first-order valence-electron chi connectivity index (χ1n) is 6.25. The van der Waals surface area contributed by atoms with Gasteiger partial charge in [-0.05, 0) is 30.9 Å². The Morgan fingerprint density at radius 3 is 2.72 bits per heavy atom. The zero-order valence-corrected chi connectivity index (χ0v) is 10.1. The van der Waals surface area contributed by atoms with E-state index in [0.29, 0.717) is 5.69 Å². The molecule has 1 aromatic rings. The van der Waals surface area contributed by atoms with Crippen LogP contribution in [0.1, 0.15) is 36.2 Å². The second-order valence-electron chi connectivity index (χ2n) is 4.75. The normalized spacial score (nSPS) is 17.6. The van der Waals surface area contributed by atoms with E-state index < -0.39 is 5.92 Å². The quantitative estimate of drug-likeness (QED) is 0.455. The minimum atomic E-state index is -0.516. The summed E-state index contributed by atoms with van der Waals surface area (Å²) in [7, 11) is 0. The number of pyridine rings is 1. The topological polar surface area (TPSA) is 73.1 Å². The molecular formula is C13H16N2O3. The molecule has 1 aliphatic rings. The fraction of sp³-hybridized carbons (Fsp3) is 0.538. The highest BCUT2D eigenvalue weighted by molar-refractivity contribution is 5.96. The van der Waals surface area contributed by atoms with Crippen LogP contribution >= 0.6 is 0 Å². The van der Waals surface area contributed by atoms with Gasteiger partial charge >= 0.3 is 0 Å². The summed E-state index contributed by atoms with van der Waals surface area (Å²) < 4.78 is 0. The number of ketones is 1. The van der Waals surface area contributed by atoms with Crippen molar-refractivity contribution in [3.05, 3.63) is 40.2 Å². The number of carbonyl (C=O) groups excluding carboxylic acids is 1. The SMILES string of the molecule is O=C(c1ccccn1)[C@H](C[N+](=O)[O-])C1CCCC1. The summed E-state index contributed by atoms with van der Waals surface area (Å²) in [6.45, 7) is -0.278. The number of Topliss-reactive ketones (excluding diaryl/α,β-unsaturated/α-hetero) is 1. The van der Waals surface area contributed by atoms with Gasteiger partial charge in [-0.1, -0.05) is 18.9 Å². The third-order valence-corrected chi connectivity index (χ3v) is 3.57. The Morgan fingerprint density at radius 1 is 1.44 bits per heavy atom. The lowest BCUT2D eigenvalue weighted by atomic mass is 9.86. The Morgan fingerprint density at radius 2 is 2.17 bits per heavy atom. The summed E-state index contributed by atoms with van der Waals surface area (Å²) in [4.78, 5) is 26.7. The zero-order chi connectivity index (χ0) is 13.0. The van der Waals surface area contributed by atoms with E-state index in [0.717, 1.165) is 25.7 Å². The molecule has 5 nitrogen and oxygen atoms in total. The van der Waals surface area contributed by atoms with Crippen LogP contribution in [0.2, 0.25) is 0 Å². The van der Waals surface area contributed by atoms with Crippen LogP contribution in [-0.2, 0) is 0 Å². The fourth-order valence-corrected chi connectivity index (χ4v) is 2.66. The summed E-state index contributed by atoms with van der Waals surface area (Å²) in [6, 6.07) is 5.09. The first-order chi connectivity index (χ1) is 8.68. The molecule has 0 spiro atoms. The van der Waals surface area contributed by atoms with Gasteiger partial charge in [0, 0.05) is 11.1 Å². The number of hydrogen-bond acceptors (Lipinski definition) is 4. The van der Waals surface area contributed by atoms with E-state index in [9.17, 15) is 14.9 Å². The van der Waals surface area contributed by atoms with Crippen LogP contribution in [0.15, 0.2) is 24.4 Å². The number of nitrogens with zero attached hydrogens (tertiary/aromatic N) is 2. The molecular weight excluding hydrogens is 232 g/mol. The van der Waals surface area contributed by atoms with Gasteiger partial charge in [-0.3, -0.25) is 19.9 Å². The summed E-state index contributed by atoms with van der Waals surface area (Å²) >= 11 is 0. The van der Waals surface area contributed by atoms with E-state index in [4.69, 9.17) is 0 Å². The van der Waals surface area contributed by atoms with Crippen molar-refractivity contribution in [2.75, 3.05) is 6.54 Å². The molecule has 2 rings (SSSR count). The molecule has 0 N–H and O–H groups in total. The third kappa shape index (κ3) is 2.91. The van der Waals surface area contributed by atoms with Crippen molar-refractivity contribution in [2.45, 2.75) is 25.7 Å². The first-order valence-corrected chi connectivity index (χ1v) is 6.25. The predicted octanol–water partition coefficient (Wildman–Crippen LogP) is 2.35. The van der Waals surface area contributed by atoms with Crippen molar-refractivity contribution in [1.82, 2.24) is 4.98 Å². The molecule has 1 aliphatic carbocycles. The molecule has 96 valence electrons. The Bertz CT molecular complexity index is 427. The summed E-state index contributed by atoms with van der Waals surface area (Å²) in [6.07, 6.45) is 5.50. The molecule has 0 unspecified atom stereocenters. The van der Waals surface area contributed by atoms with Gasteiger partial charge in [0.05, 0.1) is 5.92 Å². The lowest BCUT2D eigenvalue weighted by Gasteiger charge is -2.17. The minimum Gasteiger partial charge on any atom is -0.292 e. The molecule has 1 saturated carbocycles. The van der Waals surface area contributed by atoms with Crippen molar-refractivity contribution in [1.29, 1.82) is 0 Å². The smallest absolute Gasteiger partial charge is 0.214 e. The average molecular weight is 248 g/mol. The fourth-order valence-electron chi connectivity index (χ4n) is 2.66. The Balaban J connectivity index is 2.17. The molecule has 1 fully saturated rings. The van der Waals surface area contributed by atoms with Crippen LogP contribution in [0.4, 0.5) is 0 Å². The predicted molar refractivity (Wildman–Crippen MR) is 65.9 cm³/mol. The molecule has 0 radical (unpaired) electrons. The van der Waals surface area contributed by atoms with Crippen molar-refractivity contribution < 1.29 is 9.72 Å². The van der Waals surface area contributed by atoms with Gasteiger partial charge in [-0.2, -0.15) is 0 Å². The lowest BCUT2D eigenvalue weighted by molar-refractivity contribution is -0.486. The number of carbonyl (C=O) groups is 1. The maximum absolute atomic E-state index is 12.3. The van der Waals surface area contributed by atoms with Crippen molar-refractivity contribution in [3.8, 4) is 0 Å². The number of hydrogen-bond donors (Lipinski definition) is 0. The molecule has 0 aliphatic heterocycles. The van der Waals surface area contributed by atoms with E-state index >= 15 is 0 Å². The first kappa shape index (κ1) is 12.7. The van der Waals surface area contributed by atoms with Gasteiger partial charge in [-0.25, -0.2) is 0 Å². The van der Waals surface area contributed by atoms with Crippen molar-refractivity contribution in [3.63, 3.8) is 0 Å². The highest BCUT2D eigenvalue weighted by atomic mass is 16.6. The molecule has 0 bridgehead atoms. The largest absolute Gasteiger partial charge is 0.292 e. The van der Waals surface area contributed by atoms with Gasteiger partial charge in [0.2, 0.25) is 6.54 Å². The third-order valence-electron chi connectivity index (χ3n) is 3.57. The van der Waals surface area contributed by atoms with Crippen LogP contribution in [0.5, 0.6) is 0 Å². The van der Waals surface area contributed by atoms with Gasteiger partial charge in [0.15, 0.2) is 5.78 Å². The van der Waals surface area contributed by atoms with Crippen LogP contribution in [0.25, 0.3) is 0 Å². The molecule has 0 aromatic carbocycles. The van der Waals surface area contributed by atoms with Crippen LogP contribution in [0, 0.1) is 22.0 Å². The number of rotatable bonds is 5. The number of nitro groups is 1. The van der Waals surface area contributed by atoms with Gasteiger partial charge in [0.25, 0.3) is 0 Å². The Hall–Kier alpha value is -1.78. The van der Waals surface area contributed by atoms with Gasteiger partial charge < -0.3 is 0 Å². The molecule has 1 heterocycles. The lowest BCUT2D eigenvalue weighted by Crippen LogP contribution is -2.30. The Labute approximate surface area is 105 Å². The highest BCUT2D eigenvalue weighted by Gasteiger charge is 2.35. The summed E-state index contributed by atoms with van der Waals surface area (Å²) in [5.74, 6) is -0.554. The van der Waals surface area contributed by atoms with Gasteiger partial charge in [-0.15, -0.1) is 0 Å². The van der Waals surface area contributed by atoms with Crippen molar-refractivity contribution in [2.24, 2.45) is 11.8 Å². The molecule has 0 saturated heterocycles. The van der Waals surface area contributed by atoms with Crippen LogP contribution in [-0.4, -0.2) is 22.2 Å². The van der Waals surface area contributed by atoms with E-state index in [-0.39, 0.29) is 23.2 Å². The number of aromatic nitrogens is 1. The molecule has 18 heavy (non-hydrogen) atoms. The molecule has 5 heteroatoms. The Kier molecular flexibility index (Phi) is 4.02. The minimum absolute atomic E-state index is 0.143. The molecule has 0 amide bonds.